The second-order valence-corrected chi connectivity index (χ2v) is 6.25. The van der Waals surface area contributed by atoms with Crippen molar-refractivity contribution in [3.05, 3.63) is 59.4 Å². The first-order valence-electron chi connectivity index (χ1n) is 6.21. The number of aryl methyl sites for hydroxylation is 1. The lowest BCUT2D eigenvalue weighted by Gasteiger charge is -2.09. The second-order valence-electron chi connectivity index (χ2n) is 4.48. The zero-order chi connectivity index (χ0) is 14.6. The predicted octanol–water partition coefficient (Wildman–Crippen LogP) is 1.33. The summed E-state index contributed by atoms with van der Waals surface area (Å²) in [6.07, 6.45) is 3.28. The van der Waals surface area contributed by atoms with Crippen molar-refractivity contribution in [3.63, 3.8) is 0 Å². The molecule has 5 nitrogen and oxygen atoms in total. The highest BCUT2D eigenvalue weighted by molar-refractivity contribution is 7.89. The van der Waals surface area contributed by atoms with Gasteiger partial charge in [-0.05, 0) is 41.8 Å². The molecule has 0 aliphatic heterocycles. The zero-order valence-electron chi connectivity index (χ0n) is 11.2. The van der Waals surface area contributed by atoms with Crippen LogP contribution in [0.3, 0.4) is 0 Å². The summed E-state index contributed by atoms with van der Waals surface area (Å²) in [6.45, 7) is 2.46. The number of nitrogens with zero attached hydrogens (tertiary/aromatic N) is 1. The smallest absolute Gasteiger partial charge is 0.240 e. The first-order valence-corrected chi connectivity index (χ1v) is 7.69. The van der Waals surface area contributed by atoms with Gasteiger partial charge in [0, 0.05) is 25.5 Å². The summed E-state index contributed by atoms with van der Waals surface area (Å²) in [5.41, 5.74) is 8.20. The number of aromatic nitrogens is 1. The van der Waals surface area contributed by atoms with E-state index < -0.39 is 10.0 Å². The Labute approximate surface area is 118 Å². The van der Waals surface area contributed by atoms with Gasteiger partial charge in [-0.2, -0.15) is 0 Å². The molecule has 1 heterocycles. The molecule has 1 aromatic heterocycles. The number of sulfonamides is 1. The third-order valence-electron chi connectivity index (χ3n) is 3.03. The van der Waals surface area contributed by atoms with E-state index in [2.05, 4.69) is 9.71 Å². The van der Waals surface area contributed by atoms with Gasteiger partial charge in [-0.1, -0.05) is 12.1 Å². The molecule has 0 aliphatic rings. The molecule has 3 N–H and O–H groups in total. The maximum absolute atomic E-state index is 12.2. The monoisotopic (exact) mass is 291 g/mol. The minimum Gasteiger partial charge on any atom is -0.326 e. The second kappa shape index (κ2) is 6.13. The van der Waals surface area contributed by atoms with E-state index in [1.807, 2.05) is 13.0 Å². The molecule has 6 heteroatoms. The van der Waals surface area contributed by atoms with Crippen LogP contribution in [0.4, 0.5) is 0 Å². The number of hydrogen-bond donors (Lipinski definition) is 2. The molecular weight excluding hydrogens is 274 g/mol. The van der Waals surface area contributed by atoms with Crippen LogP contribution in [0.2, 0.25) is 0 Å². The summed E-state index contributed by atoms with van der Waals surface area (Å²) in [4.78, 5) is 4.19. The summed E-state index contributed by atoms with van der Waals surface area (Å²) < 4.78 is 26.9. The van der Waals surface area contributed by atoms with E-state index in [9.17, 15) is 8.42 Å². The Morgan fingerprint density at radius 1 is 1.30 bits per heavy atom. The van der Waals surface area contributed by atoms with Crippen molar-refractivity contribution in [2.45, 2.75) is 24.9 Å². The Morgan fingerprint density at radius 3 is 2.70 bits per heavy atom. The van der Waals surface area contributed by atoms with E-state index in [1.54, 1.807) is 36.7 Å². The van der Waals surface area contributed by atoms with Crippen molar-refractivity contribution in [3.8, 4) is 0 Å². The van der Waals surface area contributed by atoms with Gasteiger partial charge in [0.15, 0.2) is 0 Å². The molecule has 0 spiro atoms. The van der Waals surface area contributed by atoms with Gasteiger partial charge in [-0.3, -0.25) is 4.98 Å². The Morgan fingerprint density at radius 2 is 2.10 bits per heavy atom. The summed E-state index contributed by atoms with van der Waals surface area (Å²) in [7, 11) is -3.52. The highest BCUT2D eigenvalue weighted by Crippen LogP contribution is 2.15. The largest absolute Gasteiger partial charge is 0.326 e. The Kier molecular flexibility index (Phi) is 4.49. The quantitative estimate of drug-likeness (QED) is 0.870. The molecule has 20 heavy (non-hydrogen) atoms. The van der Waals surface area contributed by atoms with Gasteiger partial charge in [0.05, 0.1) is 4.90 Å². The van der Waals surface area contributed by atoms with Crippen LogP contribution in [0.5, 0.6) is 0 Å². The van der Waals surface area contributed by atoms with Crippen LogP contribution in [0.1, 0.15) is 16.7 Å². The first kappa shape index (κ1) is 14.6. The van der Waals surface area contributed by atoms with E-state index in [-0.39, 0.29) is 11.4 Å². The molecule has 106 valence electrons. The highest BCUT2D eigenvalue weighted by Gasteiger charge is 2.14. The Bertz CT molecular complexity index is 685. The van der Waals surface area contributed by atoms with Crippen LogP contribution < -0.4 is 10.5 Å². The topological polar surface area (TPSA) is 85.1 Å². The van der Waals surface area contributed by atoms with Crippen LogP contribution in [0.25, 0.3) is 0 Å². The maximum atomic E-state index is 12.2. The van der Waals surface area contributed by atoms with Gasteiger partial charge in [0.2, 0.25) is 10.0 Å². The van der Waals surface area contributed by atoms with Crippen molar-refractivity contribution in [1.29, 1.82) is 0 Å². The molecule has 0 saturated carbocycles. The number of hydrogen-bond acceptors (Lipinski definition) is 4. The summed E-state index contributed by atoms with van der Waals surface area (Å²) in [6, 6.07) is 8.53. The van der Waals surface area contributed by atoms with Crippen molar-refractivity contribution < 1.29 is 8.42 Å². The fourth-order valence-electron chi connectivity index (χ4n) is 1.83. The van der Waals surface area contributed by atoms with Gasteiger partial charge in [-0.25, -0.2) is 13.1 Å². The van der Waals surface area contributed by atoms with Crippen molar-refractivity contribution >= 4 is 10.0 Å². The van der Waals surface area contributed by atoms with Gasteiger partial charge in [0.1, 0.15) is 0 Å². The Hall–Kier alpha value is -1.76. The van der Waals surface area contributed by atoms with E-state index in [0.29, 0.717) is 6.54 Å². The van der Waals surface area contributed by atoms with Crippen molar-refractivity contribution in [2.24, 2.45) is 5.73 Å². The summed E-state index contributed by atoms with van der Waals surface area (Å²) in [5, 5.41) is 0. The average Bonchev–Trinajstić information content (AvgIpc) is 2.46. The lowest BCUT2D eigenvalue weighted by atomic mass is 10.1. The predicted molar refractivity (Wildman–Crippen MR) is 77.3 cm³/mol. The molecule has 0 fully saturated rings. The molecule has 0 bridgehead atoms. The van der Waals surface area contributed by atoms with Crippen LogP contribution in [0, 0.1) is 6.92 Å². The van der Waals surface area contributed by atoms with Crippen LogP contribution in [0.15, 0.2) is 47.6 Å². The van der Waals surface area contributed by atoms with E-state index in [1.165, 1.54) is 0 Å². The molecular formula is C14H17N3O2S. The van der Waals surface area contributed by atoms with Gasteiger partial charge in [0.25, 0.3) is 0 Å². The SMILES string of the molecule is Cc1cc(S(=O)(=O)NCc2cccnc2)ccc1CN. The number of nitrogens with two attached hydrogens (primary N) is 1. The number of benzene rings is 1. The average molecular weight is 291 g/mol. The molecule has 0 unspecified atom stereocenters. The standard InChI is InChI=1S/C14H17N3O2S/c1-11-7-14(5-4-13(11)8-15)20(18,19)17-10-12-3-2-6-16-9-12/h2-7,9,17H,8,10,15H2,1H3. The van der Waals surface area contributed by atoms with Crippen LogP contribution in [-0.2, 0) is 23.1 Å². The zero-order valence-corrected chi connectivity index (χ0v) is 12.0. The maximum Gasteiger partial charge on any atom is 0.240 e. The summed E-state index contributed by atoms with van der Waals surface area (Å²) in [5.74, 6) is 0. The van der Waals surface area contributed by atoms with E-state index in [0.717, 1.165) is 16.7 Å². The van der Waals surface area contributed by atoms with Gasteiger partial charge >= 0.3 is 0 Å². The molecule has 0 radical (unpaired) electrons. The van der Waals surface area contributed by atoms with Gasteiger partial charge < -0.3 is 5.73 Å². The molecule has 2 rings (SSSR count). The number of pyridine rings is 1. The van der Waals surface area contributed by atoms with E-state index in [4.69, 9.17) is 5.73 Å². The third kappa shape index (κ3) is 3.41. The molecule has 1 aromatic carbocycles. The fourth-order valence-corrected chi connectivity index (χ4v) is 2.93. The highest BCUT2D eigenvalue weighted by atomic mass is 32.2. The normalized spacial score (nSPS) is 11.5. The van der Waals surface area contributed by atoms with Gasteiger partial charge in [-0.15, -0.1) is 0 Å². The molecule has 0 atom stereocenters. The van der Waals surface area contributed by atoms with Crippen molar-refractivity contribution in [1.82, 2.24) is 9.71 Å². The van der Waals surface area contributed by atoms with Crippen molar-refractivity contribution in [2.75, 3.05) is 0 Å². The molecule has 2 aromatic rings. The lowest BCUT2D eigenvalue weighted by Crippen LogP contribution is -2.23. The first-order chi connectivity index (χ1) is 9.53. The number of rotatable bonds is 5. The molecule has 0 amide bonds. The van der Waals surface area contributed by atoms with Crippen LogP contribution in [-0.4, -0.2) is 13.4 Å². The molecule has 0 saturated heterocycles. The lowest BCUT2D eigenvalue weighted by molar-refractivity contribution is 0.581. The third-order valence-corrected chi connectivity index (χ3v) is 4.43. The Balaban J connectivity index is 2.16. The fraction of sp³-hybridized carbons (Fsp3) is 0.214. The summed E-state index contributed by atoms with van der Waals surface area (Å²) >= 11 is 0. The minimum atomic E-state index is -3.52. The van der Waals surface area contributed by atoms with E-state index >= 15 is 0 Å². The van der Waals surface area contributed by atoms with Crippen LogP contribution >= 0.6 is 0 Å². The minimum absolute atomic E-state index is 0.216. The number of nitrogens with one attached hydrogen (secondary N) is 1. The molecule has 0 aliphatic carbocycles.